The molecule has 4 N–H and O–H groups in total. The van der Waals surface area contributed by atoms with Crippen LogP contribution in [-0.4, -0.2) is 60.5 Å². The molecule has 17 heavy (non-hydrogen) atoms. The molecule has 1 heterocycles. The van der Waals surface area contributed by atoms with E-state index in [1.54, 1.807) is 7.11 Å². The van der Waals surface area contributed by atoms with E-state index in [9.17, 15) is 9.59 Å². The van der Waals surface area contributed by atoms with Gasteiger partial charge in [-0.2, -0.15) is 0 Å². The van der Waals surface area contributed by atoms with Crippen molar-refractivity contribution in [3.63, 3.8) is 0 Å². The Kier molecular flexibility index (Phi) is 5.33. The molecule has 1 fully saturated rings. The lowest BCUT2D eigenvalue weighted by molar-refractivity contribution is -0.147. The van der Waals surface area contributed by atoms with E-state index >= 15 is 0 Å². The number of aliphatic hydroxyl groups excluding tert-OH is 1. The molecule has 3 atom stereocenters. The van der Waals surface area contributed by atoms with E-state index in [0.717, 1.165) is 0 Å². The molecular formula is C10H18N2O5. The number of methoxy groups -OCH3 is 1. The summed E-state index contributed by atoms with van der Waals surface area (Å²) in [5.41, 5.74) is 0. The minimum atomic E-state index is -1.43. The molecule has 0 saturated carbocycles. The lowest BCUT2D eigenvalue weighted by Crippen LogP contribution is -2.41. The van der Waals surface area contributed by atoms with Gasteiger partial charge < -0.3 is 25.6 Å². The van der Waals surface area contributed by atoms with Crippen LogP contribution in [0.25, 0.3) is 0 Å². The smallest absolute Gasteiger partial charge is 0.332 e. The summed E-state index contributed by atoms with van der Waals surface area (Å²) in [6, 6.07) is -0.304. The SMILES string of the molecule is COC1CNC(C(=O)NCCC(O)C(=O)O)C1. The van der Waals surface area contributed by atoms with Crippen molar-refractivity contribution in [1.82, 2.24) is 10.6 Å². The fraction of sp³-hybridized carbons (Fsp3) is 0.800. The number of nitrogens with one attached hydrogen (secondary N) is 2. The summed E-state index contributed by atoms with van der Waals surface area (Å²) in [6.45, 7) is 0.772. The second-order valence-electron chi connectivity index (χ2n) is 3.99. The summed E-state index contributed by atoms with van der Waals surface area (Å²) >= 11 is 0. The first kappa shape index (κ1) is 13.9. The van der Waals surface area contributed by atoms with Crippen LogP contribution in [0.3, 0.4) is 0 Å². The molecule has 0 aliphatic carbocycles. The minimum Gasteiger partial charge on any atom is -0.479 e. The van der Waals surface area contributed by atoms with Gasteiger partial charge in [0, 0.05) is 26.6 Å². The van der Waals surface area contributed by atoms with E-state index in [0.29, 0.717) is 13.0 Å². The number of rotatable bonds is 6. The highest BCUT2D eigenvalue weighted by Gasteiger charge is 2.29. The van der Waals surface area contributed by atoms with Crippen LogP contribution in [0.2, 0.25) is 0 Å². The Morgan fingerprint density at radius 3 is 2.82 bits per heavy atom. The minimum absolute atomic E-state index is 0.00149. The molecule has 7 heteroatoms. The zero-order valence-electron chi connectivity index (χ0n) is 9.68. The Hall–Kier alpha value is -1.18. The largest absolute Gasteiger partial charge is 0.479 e. The van der Waals surface area contributed by atoms with E-state index in [4.69, 9.17) is 14.9 Å². The third-order valence-electron chi connectivity index (χ3n) is 2.74. The number of carboxylic acid groups (broad SMARTS) is 1. The standard InChI is InChI=1S/C10H18N2O5/c1-17-6-4-7(12-5-6)9(14)11-3-2-8(13)10(15)16/h6-8,12-13H,2-5H2,1H3,(H,11,14)(H,15,16). The molecular weight excluding hydrogens is 228 g/mol. The van der Waals surface area contributed by atoms with Crippen LogP contribution in [0.15, 0.2) is 0 Å². The van der Waals surface area contributed by atoms with Crippen LogP contribution in [-0.2, 0) is 14.3 Å². The average Bonchev–Trinajstić information content (AvgIpc) is 2.77. The van der Waals surface area contributed by atoms with Crippen molar-refractivity contribution in [2.45, 2.75) is 31.1 Å². The first-order valence-corrected chi connectivity index (χ1v) is 5.49. The van der Waals surface area contributed by atoms with Gasteiger partial charge in [-0.1, -0.05) is 0 Å². The first-order chi connectivity index (χ1) is 8.04. The molecule has 7 nitrogen and oxygen atoms in total. The molecule has 0 aromatic heterocycles. The fourth-order valence-corrected chi connectivity index (χ4v) is 1.66. The van der Waals surface area contributed by atoms with Crippen LogP contribution in [0.5, 0.6) is 0 Å². The monoisotopic (exact) mass is 246 g/mol. The molecule has 0 aromatic rings. The summed E-state index contributed by atoms with van der Waals surface area (Å²) in [5.74, 6) is -1.47. The molecule has 0 bridgehead atoms. The Morgan fingerprint density at radius 1 is 1.59 bits per heavy atom. The third kappa shape index (κ3) is 4.29. The van der Waals surface area contributed by atoms with Crippen molar-refractivity contribution in [2.75, 3.05) is 20.2 Å². The van der Waals surface area contributed by atoms with E-state index in [2.05, 4.69) is 10.6 Å². The van der Waals surface area contributed by atoms with Crippen LogP contribution >= 0.6 is 0 Å². The van der Waals surface area contributed by atoms with Gasteiger partial charge in [0.2, 0.25) is 5.91 Å². The number of aliphatic carboxylic acids is 1. The van der Waals surface area contributed by atoms with Crippen LogP contribution < -0.4 is 10.6 Å². The normalized spacial score (nSPS) is 25.5. The summed E-state index contributed by atoms with van der Waals surface area (Å²) < 4.78 is 5.11. The number of amides is 1. The number of hydrogen-bond acceptors (Lipinski definition) is 5. The Bertz CT molecular complexity index is 284. The molecule has 1 rings (SSSR count). The molecule has 0 radical (unpaired) electrons. The van der Waals surface area contributed by atoms with E-state index in [1.165, 1.54) is 0 Å². The second-order valence-corrected chi connectivity index (χ2v) is 3.99. The molecule has 3 unspecified atom stereocenters. The van der Waals surface area contributed by atoms with E-state index in [-0.39, 0.29) is 31.0 Å². The highest BCUT2D eigenvalue weighted by molar-refractivity contribution is 5.82. The third-order valence-corrected chi connectivity index (χ3v) is 2.74. The number of hydrogen-bond donors (Lipinski definition) is 4. The maximum Gasteiger partial charge on any atom is 0.332 e. The van der Waals surface area contributed by atoms with Crippen molar-refractivity contribution >= 4 is 11.9 Å². The number of carbonyl (C=O) groups is 2. The van der Waals surface area contributed by atoms with Gasteiger partial charge in [-0.3, -0.25) is 4.79 Å². The van der Waals surface area contributed by atoms with E-state index in [1.807, 2.05) is 0 Å². The quantitative estimate of drug-likeness (QED) is 0.445. The van der Waals surface area contributed by atoms with Crippen molar-refractivity contribution in [2.24, 2.45) is 0 Å². The van der Waals surface area contributed by atoms with Gasteiger partial charge in [0.1, 0.15) is 0 Å². The maximum atomic E-state index is 11.6. The van der Waals surface area contributed by atoms with E-state index < -0.39 is 12.1 Å². The topological polar surface area (TPSA) is 108 Å². The maximum absolute atomic E-state index is 11.6. The summed E-state index contributed by atoms with van der Waals surface area (Å²) in [6.07, 6.45) is -0.792. The number of aliphatic hydroxyl groups is 1. The van der Waals surface area contributed by atoms with Gasteiger partial charge in [0.05, 0.1) is 12.1 Å². The highest BCUT2D eigenvalue weighted by atomic mass is 16.5. The predicted molar refractivity (Wildman–Crippen MR) is 58.5 cm³/mol. The number of carboxylic acids is 1. The van der Waals surface area contributed by atoms with Crippen molar-refractivity contribution in [3.8, 4) is 0 Å². The molecule has 1 amide bonds. The van der Waals surface area contributed by atoms with Gasteiger partial charge in [0.25, 0.3) is 0 Å². The lowest BCUT2D eigenvalue weighted by atomic mass is 10.2. The summed E-state index contributed by atoms with van der Waals surface area (Å²) in [5, 5.41) is 23.0. The zero-order valence-corrected chi connectivity index (χ0v) is 9.68. The van der Waals surface area contributed by atoms with Crippen LogP contribution in [0.4, 0.5) is 0 Å². The summed E-state index contributed by atoms with van der Waals surface area (Å²) in [4.78, 5) is 21.9. The van der Waals surface area contributed by atoms with Crippen molar-refractivity contribution in [1.29, 1.82) is 0 Å². The zero-order chi connectivity index (χ0) is 12.8. The van der Waals surface area contributed by atoms with Crippen LogP contribution in [0, 0.1) is 0 Å². The summed E-state index contributed by atoms with van der Waals surface area (Å²) in [7, 11) is 1.59. The lowest BCUT2D eigenvalue weighted by Gasteiger charge is -2.12. The van der Waals surface area contributed by atoms with Gasteiger partial charge in [-0.25, -0.2) is 4.79 Å². The molecule has 1 aliphatic heterocycles. The average molecular weight is 246 g/mol. The van der Waals surface area contributed by atoms with Crippen molar-refractivity contribution in [3.05, 3.63) is 0 Å². The Balaban J connectivity index is 2.20. The molecule has 98 valence electrons. The molecule has 0 spiro atoms. The number of carbonyl (C=O) groups excluding carboxylic acids is 1. The molecule has 1 aliphatic rings. The van der Waals surface area contributed by atoms with Gasteiger partial charge in [-0.05, 0) is 6.42 Å². The Labute approximate surface area is 99.1 Å². The molecule has 1 saturated heterocycles. The van der Waals surface area contributed by atoms with Gasteiger partial charge >= 0.3 is 5.97 Å². The fourth-order valence-electron chi connectivity index (χ4n) is 1.66. The van der Waals surface area contributed by atoms with Gasteiger partial charge in [-0.15, -0.1) is 0 Å². The molecule has 0 aromatic carbocycles. The highest BCUT2D eigenvalue weighted by Crippen LogP contribution is 2.09. The second kappa shape index (κ2) is 6.53. The Morgan fingerprint density at radius 2 is 2.29 bits per heavy atom. The van der Waals surface area contributed by atoms with Crippen LogP contribution in [0.1, 0.15) is 12.8 Å². The number of ether oxygens (including phenoxy) is 1. The van der Waals surface area contributed by atoms with Gasteiger partial charge in [0.15, 0.2) is 6.10 Å². The first-order valence-electron chi connectivity index (χ1n) is 5.49. The van der Waals surface area contributed by atoms with Crippen molar-refractivity contribution < 1.29 is 24.5 Å². The predicted octanol–water partition coefficient (Wildman–Crippen LogP) is -1.68.